The topological polar surface area (TPSA) is 34.4 Å². The second-order valence-electron chi connectivity index (χ2n) is 5.63. The molecule has 1 aromatic heterocycles. The van der Waals surface area contributed by atoms with Crippen LogP contribution in [0.4, 0.5) is 0 Å². The summed E-state index contributed by atoms with van der Waals surface area (Å²) in [6.45, 7) is 4.88. The Morgan fingerprint density at radius 1 is 1.14 bits per heavy atom. The summed E-state index contributed by atoms with van der Waals surface area (Å²) < 4.78 is 8.13. The predicted octanol–water partition coefficient (Wildman–Crippen LogP) is 4.08. The van der Waals surface area contributed by atoms with Crippen molar-refractivity contribution in [3.05, 3.63) is 65.9 Å². The summed E-state index contributed by atoms with van der Waals surface area (Å²) in [5.74, 6) is 0.847. The largest absolute Gasteiger partial charge is 0.486 e. The van der Waals surface area contributed by atoms with Gasteiger partial charge in [-0.3, -0.25) is 0 Å². The van der Waals surface area contributed by atoms with Gasteiger partial charge < -0.3 is 14.4 Å². The summed E-state index contributed by atoms with van der Waals surface area (Å²) in [5.41, 5.74) is 3.49. The molecule has 0 aliphatic rings. The first kappa shape index (κ1) is 14.7. The van der Waals surface area contributed by atoms with Crippen LogP contribution in [0.1, 0.15) is 24.2 Å². The number of aliphatic hydroxyl groups excluding tert-OH is 1. The van der Waals surface area contributed by atoms with E-state index in [-0.39, 0.29) is 12.7 Å². The molecule has 3 nitrogen and oxygen atoms in total. The minimum atomic E-state index is -0.00129. The van der Waals surface area contributed by atoms with Crippen molar-refractivity contribution in [3.8, 4) is 5.75 Å². The number of hydrogen-bond acceptors (Lipinski definition) is 2. The molecule has 1 N–H and O–H groups in total. The van der Waals surface area contributed by atoms with Gasteiger partial charge in [-0.15, -0.1) is 0 Å². The quantitative estimate of drug-likeness (QED) is 0.769. The van der Waals surface area contributed by atoms with E-state index in [2.05, 4.69) is 50.2 Å². The number of aryl methyl sites for hydroxylation is 1. The fourth-order valence-corrected chi connectivity index (χ4v) is 2.73. The molecule has 1 heterocycles. The summed E-state index contributed by atoms with van der Waals surface area (Å²) in [6, 6.07) is 16.5. The minimum Gasteiger partial charge on any atom is -0.486 e. The fourth-order valence-electron chi connectivity index (χ4n) is 2.73. The number of rotatable bonds is 5. The molecule has 3 heteroatoms. The highest BCUT2D eigenvalue weighted by molar-refractivity contribution is 5.81. The molecular weight excluding hydrogens is 274 g/mol. The molecule has 0 radical (unpaired) electrons. The third-order valence-electron chi connectivity index (χ3n) is 3.91. The second-order valence-corrected chi connectivity index (χ2v) is 5.63. The van der Waals surface area contributed by atoms with Crippen LogP contribution in [0.5, 0.6) is 5.75 Å². The molecule has 0 fully saturated rings. The Balaban J connectivity index is 1.85. The van der Waals surface area contributed by atoms with Crippen molar-refractivity contribution in [3.63, 3.8) is 0 Å². The van der Waals surface area contributed by atoms with Gasteiger partial charge in [0.05, 0.1) is 12.1 Å². The minimum absolute atomic E-state index is 0.00129. The van der Waals surface area contributed by atoms with Gasteiger partial charge in [0.25, 0.3) is 0 Å². The van der Waals surface area contributed by atoms with Gasteiger partial charge in [-0.05, 0) is 43.0 Å². The monoisotopic (exact) mass is 295 g/mol. The molecule has 2 aromatic carbocycles. The van der Waals surface area contributed by atoms with Gasteiger partial charge in [0.2, 0.25) is 0 Å². The van der Waals surface area contributed by atoms with Crippen LogP contribution >= 0.6 is 0 Å². The first-order chi connectivity index (χ1) is 10.7. The standard InChI is InChI=1S/C19H21NO2/c1-14-4-3-5-17(12-14)15(2)22-18-7-6-16-8-9-20(10-11-21)19(16)13-18/h3-9,12-13,15,21H,10-11H2,1-2H3. The van der Waals surface area contributed by atoms with E-state index in [1.54, 1.807) is 0 Å². The lowest BCUT2D eigenvalue weighted by molar-refractivity contribution is 0.227. The molecule has 0 aliphatic heterocycles. The average molecular weight is 295 g/mol. The van der Waals surface area contributed by atoms with Crippen LogP contribution in [0.2, 0.25) is 0 Å². The summed E-state index contributed by atoms with van der Waals surface area (Å²) >= 11 is 0. The number of aromatic nitrogens is 1. The number of ether oxygens (including phenoxy) is 1. The molecule has 3 aromatic rings. The van der Waals surface area contributed by atoms with Crippen molar-refractivity contribution >= 4 is 10.9 Å². The van der Waals surface area contributed by atoms with Gasteiger partial charge in [-0.1, -0.05) is 29.8 Å². The van der Waals surface area contributed by atoms with E-state index in [1.807, 2.05) is 22.9 Å². The van der Waals surface area contributed by atoms with Gasteiger partial charge in [0.15, 0.2) is 0 Å². The molecule has 0 amide bonds. The summed E-state index contributed by atoms with van der Waals surface area (Å²) in [7, 11) is 0. The van der Waals surface area contributed by atoms with E-state index < -0.39 is 0 Å². The normalized spacial score (nSPS) is 12.5. The lowest BCUT2D eigenvalue weighted by Crippen LogP contribution is -2.04. The predicted molar refractivity (Wildman–Crippen MR) is 89.2 cm³/mol. The molecule has 0 saturated heterocycles. The van der Waals surface area contributed by atoms with E-state index in [0.29, 0.717) is 6.54 Å². The SMILES string of the molecule is Cc1cccc(C(C)Oc2ccc3ccn(CCO)c3c2)c1. The third kappa shape index (κ3) is 3.00. The smallest absolute Gasteiger partial charge is 0.122 e. The fraction of sp³-hybridized carbons (Fsp3) is 0.263. The van der Waals surface area contributed by atoms with E-state index in [1.165, 1.54) is 11.1 Å². The summed E-state index contributed by atoms with van der Waals surface area (Å²) in [5, 5.41) is 10.3. The maximum Gasteiger partial charge on any atom is 0.122 e. The zero-order chi connectivity index (χ0) is 15.5. The van der Waals surface area contributed by atoms with Gasteiger partial charge in [0.1, 0.15) is 11.9 Å². The summed E-state index contributed by atoms with van der Waals surface area (Å²) in [6.07, 6.45) is 1.99. The maximum atomic E-state index is 9.13. The van der Waals surface area contributed by atoms with Gasteiger partial charge >= 0.3 is 0 Å². The molecule has 1 unspecified atom stereocenters. The van der Waals surface area contributed by atoms with Crippen LogP contribution in [-0.2, 0) is 6.54 Å². The lowest BCUT2D eigenvalue weighted by Gasteiger charge is -2.16. The average Bonchev–Trinajstić information content (AvgIpc) is 2.90. The molecule has 0 aliphatic carbocycles. The molecule has 0 spiro atoms. The number of nitrogens with zero attached hydrogens (tertiary/aromatic N) is 1. The maximum absolute atomic E-state index is 9.13. The Hall–Kier alpha value is -2.26. The highest BCUT2D eigenvalue weighted by Gasteiger charge is 2.09. The molecule has 22 heavy (non-hydrogen) atoms. The zero-order valence-corrected chi connectivity index (χ0v) is 13.0. The lowest BCUT2D eigenvalue weighted by atomic mass is 10.1. The Labute approximate surface area is 130 Å². The van der Waals surface area contributed by atoms with Gasteiger partial charge in [0, 0.05) is 18.8 Å². The van der Waals surface area contributed by atoms with Crippen molar-refractivity contribution in [2.45, 2.75) is 26.5 Å². The Morgan fingerprint density at radius 2 is 2.00 bits per heavy atom. The number of hydrogen-bond donors (Lipinski definition) is 1. The van der Waals surface area contributed by atoms with Crippen molar-refractivity contribution in [1.82, 2.24) is 4.57 Å². The molecular formula is C19H21NO2. The molecule has 0 bridgehead atoms. The highest BCUT2D eigenvalue weighted by Crippen LogP contribution is 2.26. The van der Waals surface area contributed by atoms with Crippen molar-refractivity contribution < 1.29 is 9.84 Å². The summed E-state index contributed by atoms with van der Waals surface area (Å²) in [4.78, 5) is 0. The first-order valence-corrected chi connectivity index (χ1v) is 7.60. The third-order valence-corrected chi connectivity index (χ3v) is 3.91. The molecule has 114 valence electrons. The van der Waals surface area contributed by atoms with Crippen molar-refractivity contribution in [2.24, 2.45) is 0 Å². The van der Waals surface area contributed by atoms with Crippen LogP contribution in [0.3, 0.4) is 0 Å². The van der Waals surface area contributed by atoms with E-state index in [4.69, 9.17) is 9.84 Å². The van der Waals surface area contributed by atoms with E-state index >= 15 is 0 Å². The van der Waals surface area contributed by atoms with Crippen LogP contribution in [0, 0.1) is 6.92 Å². The van der Waals surface area contributed by atoms with Crippen LogP contribution in [-0.4, -0.2) is 16.3 Å². The molecule has 0 saturated carbocycles. The second kappa shape index (κ2) is 6.24. The van der Waals surface area contributed by atoms with Crippen LogP contribution < -0.4 is 4.74 Å². The van der Waals surface area contributed by atoms with E-state index in [9.17, 15) is 0 Å². The highest BCUT2D eigenvalue weighted by atomic mass is 16.5. The Kier molecular flexibility index (Phi) is 4.16. The van der Waals surface area contributed by atoms with Gasteiger partial charge in [-0.25, -0.2) is 0 Å². The van der Waals surface area contributed by atoms with Crippen LogP contribution in [0.15, 0.2) is 54.7 Å². The molecule has 3 rings (SSSR count). The number of fused-ring (bicyclic) bond motifs is 1. The van der Waals surface area contributed by atoms with E-state index in [0.717, 1.165) is 16.7 Å². The zero-order valence-electron chi connectivity index (χ0n) is 13.0. The van der Waals surface area contributed by atoms with Crippen molar-refractivity contribution in [1.29, 1.82) is 0 Å². The van der Waals surface area contributed by atoms with Gasteiger partial charge in [-0.2, -0.15) is 0 Å². The molecule has 1 atom stereocenters. The number of aliphatic hydroxyl groups is 1. The first-order valence-electron chi connectivity index (χ1n) is 7.60. The number of benzene rings is 2. The van der Waals surface area contributed by atoms with Crippen molar-refractivity contribution in [2.75, 3.05) is 6.61 Å². The Morgan fingerprint density at radius 3 is 2.77 bits per heavy atom. The van der Waals surface area contributed by atoms with Crippen LogP contribution in [0.25, 0.3) is 10.9 Å². The Bertz CT molecular complexity index is 776.